The number of hydrogen-bond donors (Lipinski definition) is 0. The van der Waals surface area contributed by atoms with Crippen molar-refractivity contribution in [3.63, 3.8) is 0 Å². The van der Waals surface area contributed by atoms with E-state index >= 15 is 0 Å². The molecule has 0 aliphatic carbocycles. The van der Waals surface area contributed by atoms with Crippen molar-refractivity contribution >= 4 is 0 Å². The first-order valence-electron chi connectivity index (χ1n) is 2.50. The Morgan fingerprint density at radius 2 is 2.29 bits per heavy atom. The maximum absolute atomic E-state index is 4.86. The second kappa shape index (κ2) is 4.00. The van der Waals surface area contributed by atoms with Gasteiger partial charge < -0.3 is 0 Å². The van der Waals surface area contributed by atoms with E-state index in [0.29, 0.717) is 5.92 Å². The maximum atomic E-state index is 4.86. The standard InChI is InChI=1S/C6H12O/c1-4-7-5-6(2)3/h4,6H,1,5H2,2-3H3. The van der Waals surface area contributed by atoms with Gasteiger partial charge in [-0.2, -0.15) is 0 Å². The van der Waals surface area contributed by atoms with E-state index in [1.807, 2.05) is 0 Å². The summed E-state index contributed by atoms with van der Waals surface area (Å²) in [6, 6.07) is 0. The molecule has 0 amide bonds. The molecule has 0 bridgehead atoms. The molecule has 0 radical (unpaired) electrons. The van der Waals surface area contributed by atoms with Crippen LogP contribution in [0.3, 0.4) is 0 Å². The molecular formula is C6H12O. The molecule has 0 saturated heterocycles. The van der Waals surface area contributed by atoms with E-state index < -0.39 is 0 Å². The summed E-state index contributed by atoms with van der Waals surface area (Å²) >= 11 is 0. The Labute approximate surface area is 45.7 Å². The Bertz CT molecular complexity index is 33.2. The fourth-order valence-electron chi connectivity index (χ4n) is 0.260. The molecule has 0 aromatic heterocycles. The van der Waals surface area contributed by atoms with Crippen LogP contribution >= 0.6 is 0 Å². The maximum Gasteiger partial charge on any atom is 0.0969 e. The Morgan fingerprint density at radius 1 is 1.71 bits per heavy atom. The Hall–Kier alpha value is -0.170. The van der Waals surface area contributed by atoms with Crippen molar-refractivity contribution in [1.29, 1.82) is 0 Å². The van der Waals surface area contributed by atoms with Gasteiger partial charge in [0, 0.05) is 0 Å². The van der Waals surface area contributed by atoms with Crippen LogP contribution in [0.25, 0.3) is 0 Å². The molecule has 0 N–H and O–H groups in total. The monoisotopic (exact) mass is 100 g/mol. The average Bonchev–Trinajstić information content (AvgIpc) is 1.61. The highest BCUT2D eigenvalue weighted by Crippen LogP contribution is 1.91. The summed E-state index contributed by atoms with van der Waals surface area (Å²) in [5.74, 6) is 0.609. The first-order valence-corrected chi connectivity index (χ1v) is 2.50. The molecule has 0 heterocycles. The van der Waals surface area contributed by atoms with Crippen molar-refractivity contribution in [2.45, 2.75) is 13.8 Å². The van der Waals surface area contributed by atoms with Crippen LogP contribution in [0.5, 0.6) is 0 Å². The first-order chi connectivity index (χ1) is 3.27. The first kappa shape index (κ1) is 6.83. The molecule has 0 rings (SSSR count). The minimum Gasteiger partial charge on any atom is -0.232 e. The van der Waals surface area contributed by atoms with Crippen molar-refractivity contribution in [1.82, 2.24) is 0 Å². The molecule has 0 aliphatic heterocycles. The van der Waals surface area contributed by atoms with Gasteiger partial charge in [-0.05, 0) is 5.92 Å². The van der Waals surface area contributed by atoms with Gasteiger partial charge in [-0.25, -0.2) is 4.74 Å². The summed E-state index contributed by atoms with van der Waals surface area (Å²) in [7, 11) is 0. The molecule has 7 heavy (non-hydrogen) atoms. The molecule has 1 nitrogen and oxygen atoms in total. The minimum absolute atomic E-state index is 0.609. The number of ether oxygens (including phenoxy) is 1. The van der Waals surface area contributed by atoms with Gasteiger partial charge in [-0.3, -0.25) is 0 Å². The predicted octanol–water partition coefficient (Wildman–Crippen LogP) is 1.65. The predicted molar refractivity (Wildman–Crippen MR) is 30.4 cm³/mol. The lowest BCUT2D eigenvalue weighted by atomic mass is 10.2. The lowest BCUT2D eigenvalue weighted by Gasteiger charge is -1.96. The van der Waals surface area contributed by atoms with E-state index in [9.17, 15) is 0 Å². The van der Waals surface area contributed by atoms with Crippen LogP contribution < -0.4 is 0 Å². The van der Waals surface area contributed by atoms with E-state index in [1.165, 1.54) is 6.61 Å². The van der Waals surface area contributed by atoms with Gasteiger partial charge >= 0.3 is 0 Å². The molecule has 0 spiro atoms. The van der Waals surface area contributed by atoms with Crippen molar-refractivity contribution < 1.29 is 4.74 Å². The van der Waals surface area contributed by atoms with E-state index in [4.69, 9.17) is 4.74 Å². The molecule has 0 unspecified atom stereocenters. The number of hydrogen-bond acceptors (Lipinski definition) is 1. The van der Waals surface area contributed by atoms with E-state index in [2.05, 4.69) is 20.8 Å². The zero-order chi connectivity index (χ0) is 5.70. The number of rotatable bonds is 3. The SMILES string of the molecule is [CH2-][CH+]OCC(C)C. The molecule has 0 atom stereocenters. The normalized spacial score (nSPS) is 9.71. The summed E-state index contributed by atoms with van der Waals surface area (Å²) in [5, 5.41) is 0. The fraction of sp³-hybridized carbons (Fsp3) is 0.667. The van der Waals surface area contributed by atoms with Gasteiger partial charge in [-0.1, -0.05) is 13.8 Å². The summed E-state index contributed by atoms with van der Waals surface area (Å²) in [5.41, 5.74) is 0. The Balaban J connectivity index is 2.68. The van der Waals surface area contributed by atoms with Crippen LogP contribution in [-0.2, 0) is 4.74 Å². The van der Waals surface area contributed by atoms with Crippen LogP contribution in [0.15, 0.2) is 0 Å². The van der Waals surface area contributed by atoms with E-state index in [-0.39, 0.29) is 0 Å². The Kier molecular flexibility index (Phi) is 3.90. The Morgan fingerprint density at radius 3 is 2.43 bits per heavy atom. The molecule has 1 heteroatoms. The fourth-order valence-corrected chi connectivity index (χ4v) is 0.260. The summed E-state index contributed by atoms with van der Waals surface area (Å²) in [6.07, 6.45) is 0. The smallest absolute Gasteiger partial charge is 0.0969 e. The molecule has 0 aromatic rings. The summed E-state index contributed by atoms with van der Waals surface area (Å²) in [4.78, 5) is 0. The molecule has 42 valence electrons. The van der Waals surface area contributed by atoms with E-state index in [1.54, 1.807) is 0 Å². The third kappa shape index (κ3) is 5.83. The lowest BCUT2D eigenvalue weighted by molar-refractivity contribution is 0.181. The highest BCUT2D eigenvalue weighted by molar-refractivity contribution is 4.50. The van der Waals surface area contributed by atoms with Crippen molar-refractivity contribution in [3.8, 4) is 0 Å². The van der Waals surface area contributed by atoms with Crippen LogP contribution in [-0.4, -0.2) is 6.61 Å². The summed E-state index contributed by atoms with van der Waals surface area (Å²) in [6.45, 7) is 9.87. The zero-order valence-corrected chi connectivity index (χ0v) is 4.98. The molecular weight excluding hydrogens is 88.1 g/mol. The molecule has 0 aromatic carbocycles. The van der Waals surface area contributed by atoms with Crippen LogP contribution in [0.4, 0.5) is 0 Å². The van der Waals surface area contributed by atoms with Crippen LogP contribution in [0, 0.1) is 19.4 Å². The van der Waals surface area contributed by atoms with Gasteiger partial charge in [0.1, 0.15) is 0 Å². The quantitative estimate of drug-likeness (QED) is 0.490. The highest BCUT2D eigenvalue weighted by Gasteiger charge is 1.91. The van der Waals surface area contributed by atoms with Gasteiger partial charge in [0.2, 0.25) is 0 Å². The zero-order valence-electron chi connectivity index (χ0n) is 4.98. The third-order valence-electron chi connectivity index (χ3n) is 0.547. The second-order valence-corrected chi connectivity index (χ2v) is 1.89. The lowest BCUT2D eigenvalue weighted by Crippen LogP contribution is -1.97. The molecule has 0 fully saturated rings. The summed E-state index contributed by atoms with van der Waals surface area (Å²) < 4.78 is 4.86. The van der Waals surface area contributed by atoms with Crippen molar-refractivity contribution in [2.75, 3.05) is 6.61 Å². The topological polar surface area (TPSA) is 9.23 Å². The van der Waals surface area contributed by atoms with Crippen LogP contribution in [0.1, 0.15) is 13.8 Å². The van der Waals surface area contributed by atoms with Crippen molar-refractivity contribution in [3.05, 3.63) is 13.5 Å². The third-order valence-corrected chi connectivity index (χ3v) is 0.547. The van der Waals surface area contributed by atoms with Gasteiger partial charge in [-0.15, -0.1) is 6.92 Å². The van der Waals surface area contributed by atoms with Crippen molar-refractivity contribution in [2.24, 2.45) is 5.92 Å². The molecule has 0 saturated carbocycles. The highest BCUT2D eigenvalue weighted by atomic mass is 16.5. The second-order valence-electron chi connectivity index (χ2n) is 1.89. The molecule has 0 aliphatic rings. The van der Waals surface area contributed by atoms with E-state index in [0.717, 1.165) is 6.61 Å². The van der Waals surface area contributed by atoms with Gasteiger partial charge in [0.25, 0.3) is 0 Å². The van der Waals surface area contributed by atoms with Crippen LogP contribution in [0.2, 0.25) is 0 Å². The van der Waals surface area contributed by atoms with Gasteiger partial charge in [0.05, 0.1) is 13.2 Å². The van der Waals surface area contributed by atoms with Gasteiger partial charge in [0.15, 0.2) is 0 Å². The minimum atomic E-state index is 0.609. The average molecular weight is 100 g/mol. The largest absolute Gasteiger partial charge is 0.232 e.